The van der Waals surface area contributed by atoms with Gasteiger partial charge in [-0.1, -0.05) is 48.5 Å². The zero-order valence-electron chi connectivity index (χ0n) is 17.7. The van der Waals surface area contributed by atoms with Crippen molar-refractivity contribution >= 4 is 23.8 Å². The highest BCUT2D eigenvalue weighted by molar-refractivity contribution is 6.21. The van der Waals surface area contributed by atoms with Gasteiger partial charge >= 0.3 is 12.0 Å². The smallest absolute Gasteiger partial charge is 0.317 e. The average molecular weight is 433 g/mol. The Morgan fingerprint density at radius 3 is 2.16 bits per heavy atom. The van der Waals surface area contributed by atoms with Gasteiger partial charge in [0.25, 0.3) is 11.8 Å². The molecule has 2 aliphatic rings. The first kappa shape index (κ1) is 21.3. The summed E-state index contributed by atoms with van der Waals surface area (Å²) < 4.78 is 5.35. The van der Waals surface area contributed by atoms with Crippen LogP contribution in [-0.2, 0) is 16.1 Å². The molecule has 4 amide bonds. The fraction of sp³-hybridized carbons (Fsp3) is 0.250. The van der Waals surface area contributed by atoms with E-state index in [0.717, 1.165) is 10.5 Å². The number of benzene rings is 2. The number of carbonyl (C=O) groups is 4. The number of nitrogens with zero attached hydrogens (tertiary/aromatic N) is 2. The van der Waals surface area contributed by atoms with Crippen LogP contribution in [0.5, 0.6) is 0 Å². The van der Waals surface area contributed by atoms with Gasteiger partial charge in [0.1, 0.15) is 6.10 Å². The number of hydrogen-bond donors (Lipinski definition) is 1. The Balaban J connectivity index is 1.55. The van der Waals surface area contributed by atoms with Crippen LogP contribution < -0.4 is 5.32 Å². The van der Waals surface area contributed by atoms with Crippen molar-refractivity contribution in [1.82, 2.24) is 15.1 Å². The van der Waals surface area contributed by atoms with Gasteiger partial charge in [-0.3, -0.25) is 19.3 Å². The van der Waals surface area contributed by atoms with E-state index in [2.05, 4.69) is 5.32 Å². The van der Waals surface area contributed by atoms with Crippen LogP contribution in [0.15, 0.2) is 66.7 Å². The maximum Gasteiger partial charge on any atom is 0.317 e. The predicted octanol–water partition coefficient (Wildman–Crippen LogP) is 2.36. The Morgan fingerprint density at radius 1 is 0.969 bits per heavy atom. The number of imide groups is 1. The molecule has 32 heavy (non-hydrogen) atoms. The Labute approximate surface area is 185 Å². The fourth-order valence-electron chi connectivity index (χ4n) is 4.04. The summed E-state index contributed by atoms with van der Waals surface area (Å²) in [5, 5.41) is 2.85. The normalized spacial score (nSPS) is 21.4. The summed E-state index contributed by atoms with van der Waals surface area (Å²) in [6, 6.07) is 14.0. The molecule has 1 aliphatic heterocycles. The zero-order chi connectivity index (χ0) is 22.8. The summed E-state index contributed by atoms with van der Waals surface area (Å²) in [7, 11) is 1.64. The molecule has 0 aromatic heterocycles. The molecule has 8 heteroatoms. The molecule has 0 radical (unpaired) electrons. The number of ether oxygens (including phenoxy) is 1. The molecule has 1 aliphatic carbocycles. The van der Waals surface area contributed by atoms with Gasteiger partial charge in [-0.25, -0.2) is 4.79 Å². The van der Waals surface area contributed by atoms with Crippen molar-refractivity contribution in [2.24, 2.45) is 0 Å². The number of hydrogen-bond acceptors (Lipinski definition) is 5. The Kier molecular flexibility index (Phi) is 5.77. The molecule has 0 saturated carbocycles. The summed E-state index contributed by atoms with van der Waals surface area (Å²) >= 11 is 0. The number of carbonyl (C=O) groups excluding carboxylic acids is 4. The second kappa shape index (κ2) is 8.66. The van der Waals surface area contributed by atoms with E-state index in [-0.39, 0.29) is 0 Å². The lowest BCUT2D eigenvalue weighted by Gasteiger charge is -2.32. The van der Waals surface area contributed by atoms with Crippen molar-refractivity contribution in [3.63, 3.8) is 0 Å². The van der Waals surface area contributed by atoms with Crippen LogP contribution in [0, 0.1) is 0 Å². The number of urea groups is 1. The molecule has 164 valence electrons. The molecular formula is C24H23N3O5. The van der Waals surface area contributed by atoms with Gasteiger partial charge in [0.05, 0.1) is 23.2 Å². The topological polar surface area (TPSA) is 96.0 Å². The molecule has 2 aromatic carbocycles. The quantitative estimate of drug-likeness (QED) is 0.444. The molecular weight excluding hydrogens is 410 g/mol. The van der Waals surface area contributed by atoms with Crippen molar-refractivity contribution in [2.75, 3.05) is 7.05 Å². The van der Waals surface area contributed by atoms with Crippen molar-refractivity contribution in [3.05, 3.63) is 83.4 Å². The monoisotopic (exact) mass is 433 g/mol. The van der Waals surface area contributed by atoms with Gasteiger partial charge in [-0.05, 0) is 23.8 Å². The van der Waals surface area contributed by atoms with Crippen LogP contribution in [0.2, 0.25) is 0 Å². The Bertz CT molecular complexity index is 1060. The molecule has 0 saturated heterocycles. The van der Waals surface area contributed by atoms with E-state index in [1.165, 1.54) is 11.8 Å². The van der Waals surface area contributed by atoms with Crippen molar-refractivity contribution in [3.8, 4) is 0 Å². The standard InChI is InChI=1S/C24H23N3O5/c1-15(28)32-20-13-12-19(27-22(29)17-10-6-7-11-18(17)23(27)30)21(20)25-24(31)26(2)14-16-8-4-3-5-9-16/h3-13,19-21H,14H2,1-2H3,(H,25,31)/t19-,20-,21+/m1/s1. The summed E-state index contributed by atoms with van der Waals surface area (Å²) in [4.78, 5) is 53.1. The Morgan fingerprint density at radius 2 is 1.56 bits per heavy atom. The number of rotatable bonds is 5. The lowest BCUT2D eigenvalue weighted by atomic mass is 10.1. The molecule has 4 rings (SSSR count). The third-order valence-corrected chi connectivity index (χ3v) is 5.54. The minimum Gasteiger partial charge on any atom is -0.456 e. The van der Waals surface area contributed by atoms with Crippen LogP contribution in [0.4, 0.5) is 4.79 Å². The SMILES string of the molecule is CC(=O)O[C@@H]1C=C[C@@H](N2C(=O)c3ccccc3C2=O)[C@@H]1NC(=O)N(C)Cc1ccccc1. The molecule has 0 fully saturated rings. The first-order chi connectivity index (χ1) is 15.4. The fourth-order valence-corrected chi connectivity index (χ4v) is 4.04. The van der Waals surface area contributed by atoms with E-state index in [0.29, 0.717) is 17.7 Å². The lowest BCUT2D eigenvalue weighted by Crippen LogP contribution is -2.57. The van der Waals surface area contributed by atoms with Crippen LogP contribution in [0.25, 0.3) is 0 Å². The summed E-state index contributed by atoms with van der Waals surface area (Å²) in [6.07, 6.45) is 2.41. The summed E-state index contributed by atoms with van der Waals surface area (Å²) in [5.41, 5.74) is 1.57. The van der Waals surface area contributed by atoms with Gasteiger partial charge < -0.3 is 15.0 Å². The third-order valence-electron chi connectivity index (χ3n) is 5.54. The van der Waals surface area contributed by atoms with E-state index in [9.17, 15) is 19.2 Å². The highest BCUT2D eigenvalue weighted by atomic mass is 16.5. The maximum absolute atomic E-state index is 13.0. The van der Waals surface area contributed by atoms with Crippen molar-refractivity contribution in [1.29, 1.82) is 0 Å². The van der Waals surface area contributed by atoms with Crippen molar-refractivity contribution in [2.45, 2.75) is 31.7 Å². The second-order valence-electron chi connectivity index (χ2n) is 7.79. The first-order valence-corrected chi connectivity index (χ1v) is 10.2. The minimum atomic E-state index is -0.813. The maximum atomic E-state index is 13.0. The van der Waals surface area contributed by atoms with Crippen LogP contribution in [-0.4, -0.2) is 58.8 Å². The summed E-state index contributed by atoms with van der Waals surface area (Å²) in [6.45, 7) is 1.63. The molecule has 0 unspecified atom stereocenters. The van der Waals surface area contributed by atoms with Gasteiger partial charge in [-0.2, -0.15) is 0 Å². The van der Waals surface area contributed by atoms with Crippen LogP contribution >= 0.6 is 0 Å². The largest absolute Gasteiger partial charge is 0.456 e. The van der Waals surface area contributed by atoms with E-state index >= 15 is 0 Å². The number of esters is 1. The minimum absolute atomic E-state index is 0.313. The highest BCUT2D eigenvalue weighted by Gasteiger charge is 2.47. The van der Waals surface area contributed by atoms with Crippen LogP contribution in [0.1, 0.15) is 33.2 Å². The predicted molar refractivity (Wildman–Crippen MR) is 116 cm³/mol. The first-order valence-electron chi connectivity index (χ1n) is 10.2. The van der Waals surface area contributed by atoms with Gasteiger partial charge in [0.2, 0.25) is 0 Å². The molecule has 1 heterocycles. The Hall–Kier alpha value is -3.94. The second-order valence-corrected chi connectivity index (χ2v) is 7.79. The average Bonchev–Trinajstić information content (AvgIpc) is 3.26. The number of amides is 4. The van der Waals surface area contributed by atoms with Gasteiger partial charge in [0.15, 0.2) is 0 Å². The molecule has 8 nitrogen and oxygen atoms in total. The molecule has 0 bridgehead atoms. The molecule has 2 aromatic rings. The van der Waals surface area contributed by atoms with E-state index < -0.39 is 42.0 Å². The highest BCUT2D eigenvalue weighted by Crippen LogP contribution is 2.30. The molecule has 0 spiro atoms. The van der Waals surface area contributed by atoms with E-state index in [1.807, 2.05) is 30.3 Å². The third kappa shape index (κ3) is 3.99. The lowest BCUT2D eigenvalue weighted by molar-refractivity contribution is -0.145. The molecule has 3 atom stereocenters. The number of fused-ring (bicyclic) bond motifs is 1. The van der Waals surface area contributed by atoms with Gasteiger partial charge in [-0.15, -0.1) is 0 Å². The molecule has 1 N–H and O–H groups in total. The van der Waals surface area contributed by atoms with Crippen molar-refractivity contribution < 1.29 is 23.9 Å². The number of nitrogens with one attached hydrogen (secondary N) is 1. The van der Waals surface area contributed by atoms with E-state index in [4.69, 9.17) is 4.74 Å². The van der Waals surface area contributed by atoms with Crippen LogP contribution in [0.3, 0.4) is 0 Å². The summed E-state index contributed by atoms with van der Waals surface area (Å²) in [5.74, 6) is -1.42. The zero-order valence-corrected chi connectivity index (χ0v) is 17.7. The van der Waals surface area contributed by atoms with Gasteiger partial charge in [0, 0.05) is 20.5 Å². The van der Waals surface area contributed by atoms with E-state index in [1.54, 1.807) is 43.5 Å².